The Morgan fingerprint density at radius 3 is 2.89 bits per heavy atom. The van der Waals surface area contributed by atoms with E-state index in [4.69, 9.17) is 4.99 Å². The fourth-order valence-electron chi connectivity index (χ4n) is 2.96. The zero-order valence-corrected chi connectivity index (χ0v) is 10.5. The molecule has 2 heterocycles. The van der Waals surface area contributed by atoms with E-state index < -0.39 is 0 Å². The lowest BCUT2D eigenvalue weighted by atomic mass is 9.93. The van der Waals surface area contributed by atoms with Crippen LogP contribution < -0.4 is 25.7 Å². The zero-order valence-electron chi connectivity index (χ0n) is 10.5. The fraction of sp³-hybridized carbons (Fsp3) is 0.125. The molecule has 0 saturated carbocycles. The van der Waals surface area contributed by atoms with E-state index in [0.29, 0.717) is 0 Å². The van der Waals surface area contributed by atoms with Gasteiger partial charge in [0.2, 0.25) is 12.4 Å². The van der Waals surface area contributed by atoms with E-state index in [1.165, 1.54) is 16.4 Å². The van der Waals surface area contributed by atoms with Crippen LogP contribution in [0.1, 0.15) is 6.92 Å². The third kappa shape index (κ3) is 1.38. The molecule has 1 aliphatic heterocycles. The number of pyridine rings is 1. The molecule has 0 fully saturated rings. The molecule has 1 atom stereocenters. The third-order valence-electron chi connectivity index (χ3n) is 3.90. The van der Waals surface area contributed by atoms with Gasteiger partial charge in [-0.15, -0.1) is 0 Å². The van der Waals surface area contributed by atoms with Crippen molar-refractivity contribution in [1.29, 1.82) is 0 Å². The fourth-order valence-corrected chi connectivity index (χ4v) is 2.96. The molecule has 1 aliphatic carbocycles. The highest BCUT2D eigenvalue weighted by atomic mass is 16.5. The van der Waals surface area contributed by atoms with Crippen LogP contribution >= 0.6 is 0 Å². The molecule has 1 N–H and O–H groups in total. The van der Waals surface area contributed by atoms with E-state index in [9.17, 15) is 5.21 Å². The van der Waals surface area contributed by atoms with Gasteiger partial charge in [0, 0.05) is 16.0 Å². The molecule has 92 valence electrons. The van der Waals surface area contributed by atoms with Gasteiger partial charge in [-0.2, -0.15) is 0 Å². The lowest BCUT2D eigenvalue weighted by molar-refractivity contribution is -0.905. The van der Waals surface area contributed by atoms with Crippen LogP contribution in [-0.2, 0) is 0 Å². The van der Waals surface area contributed by atoms with Crippen LogP contribution in [0.5, 0.6) is 0 Å². The second-order valence-electron chi connectivity index (χ2n) is 5.03. The molecule has 2 aliphatic rings. The summed E-state index contributed by atoms with van der Waals surface area (Å²) >= 11 is 0. The SMILES string of the molecule is CC1=c2cc[n+](O)cc2=CC2=c3ccccc3=NC12. The number of benzene rings is 1. The summed E-state index contributed by atoms with van der Waals surface area (Å²) < 4.78 is 1.10. The van der Waals surface area contributed by atoms with Gasteiger partial charge < -0.3 is 0 Å². The van der Waals surface area contributed by atoms with Gasteiger partial charge >= 0.3 is 0 Å². The Kier molecular flexibility index (Phi) is 1.96. The van der Waals surface area contributed by atoms with Gasteiger partial charge in [0.15, 0.2) is 0 Å². The summed E-state index contributed by atoms with van der Waals surface area (Å²) in [7, 11) is 0. The van der Waals surface area contributed by atoms with Gasteiger partial charge in [0.05, 0.1) is 16.6 Å². The molecule has 4 rings (SSSR count). The lowest BCUT2D eigenvalue weighted by Crippen LogP contribution is -2.43. The summed E-state index contributed by atoms with van der Waals surface area (Å²) in [5, 5.41) is 14.0. The van der Waals surface area contributed by atoms with Crippen LogP contribution in [0.3, 0.4) is 0 Å². The molecule has 1 aromatic heterocycles. The maximum Gasteiger partial charge on any atom is 0.230 e. The summed E-state index contributed by atoms with van der Waals surface area (Å²) in [6, 6.07) is 10.3. The molecular weight excluding hydrogens is 236 g/mol. The summed E-state index contributed by atoms with van der Waals surface area (Å²) in [5.74, 6) is 0. The topological polar surface area (TPSA) is 36.5 Å². The first kappa shape index (κ1) is 10.5. The molecule has 0 saturated heterocycles. The van der Waals surface area contributed by atoms with E-state index in [1.807, 2.05) is 18.2 Å². The number of rotatable bonds is 0. The van der Waals surface area contributed by atoms with Crippen LogP contribution in [0.25, 0.3) is 17.2 Å². The number of hydrogen-bond acceptors (Lipinski definition) is 2. The molecule has 3 nitrogen and oxygen atoms in total. The van der Waals surface area contributed by atoms with Gasteiger partial charge in [-0.3, -0.25) is 10.2 Å². The minimum atomic E-state index is 0.124. The van der Waals surface area contributed by atoms with Crippen molar-refractivity contribution in [3.63, 3.8) is 0 Å². The summed E-state index contributed by atoms with van der Waals surface area (Å²) in [6.45, 7) is 2.12. The van der Waals surface area contributed by atoms with Crippen molar-refractivity contribution >= 4 is 17.2 Å². The van der Waals surface area contributed by atoms with Crippen LogP contribution in [0, 0.1) is 0 Å². The van der Waals surface area contributed by atoms with Crippen LogP contribution in [-0.4, -0.2) is 11.2 Å². The van der Waals surface area contributed by atoms with E-state index >= 15 is 0 Å². The zero-order chi connectivity index (χ0) is 13.0. The molecule has 0 amide bonds. The predicted molar refractivity (Wildman–Crippen MR) is 71.0 cm³/mol. The predicted octanol–water partition coefficient (Wildman–Crippen LogP) is -0.971. The lowest BCUT2D eigenvalue weighted by Gasteiger charge is -2.14. The van der Waals surface area contributed by atoms with E-state index in [2.05, 4.69) is 25.1 Å². The van der Waals surface area contributed by atoms with Crippen LogP contribution in [0.15, 0.2) is 47.7 Å². The number of nitrogens with zero attached hydrogens (tertiary/aromatic N) is 2. The van der Waals surface area contributed by atoms with Gasteiger partial charge in [0.1, 0.15) is 0 Å². The van der Waals surface area contributed by atoms with Crippen LogP contribution in [0.4, 0.5) is 0 Å². The highest BCUT2D eigenvalue weighted by Crippen LogP contribution is 2.20. The maximum absolute atomic E-state index is 9.56. The Morgan fingerprint density at radius 1 is 1.16 bits per heavy atom. The van der Waals surface area contributed by atoms with Crippen molar-refractivity contribution in [2.75, 3.05) is 0 Å². The monoisotopic (exact) mass is 249 g/mol. The van der Waals surface area contributed by atoms with E-state index in [1.54, 1.807) is 12.4 Å². The molecule has 2 aromatic rings. The maximum atomic E-state index is 9.56. The molecule has 19 heavy (non-hydrogen) atoms. The Hall–Kier alpha value is -2.42. The Labute approximate surface area is 109 Å². The summed E-state index contributed by atoms with van der Waals surface area (Å²) in [5.41, 5.74) is 2.47. The van der Waals surface area contributed by atoms with Gasteiger partial charge in [-0.05, 0) is 35.4 Å². The molecule has 0 spiro atoms. The largest absolute Gasteiger partial charge is 0.285 e. The third-order valence-corrected chi connectivity index (χ3v) is 3.90. The second kappa shape index (κ2) is 3.54. The normalized spacial score (nSPS) is 19.1. The molecular formula is C16H13N2O+. The van der Waals surface area contributed by atoms with E-state index in [-0.39, 0.29) is 6.04 Å². The number of hydrogen-bond donors (Lipinski definition) is 1. The minimum absolute atomic E-state index is 0.124. The highest BCUT2D eigenvalue weighted by molar-refractivity contribution is 5.89. The smallest absolute Gasteiger partial charge is 0.230 e. The number of fused-ring (bicyclic) bond motifs is 3. The Morgan fingerprint density at radius 2 is 2.00 bits per heavy atom. The van der Waals surface area contributed by atoms with Crippen molar-refractivity contribution in [2.24, 2.45) is 4.99 Å². The standard InChI is InChI=1S/C16H13N2O/c1-10-12-6-7-18(19)9-11(12)8-14-13-4-2-3-5-15(13)17-16(10)14/h2-9,16,19H,1H3/q+1. The summed E-state index contributed by atoms with van der Waals surface area (Å²) in [4.78, 5) is 4.80. The molecule has 1 unspecified atom stereocenters. The van der Waals surface area contributed by atoms with Crippen molar-refractivity contribution in [1.82, 2.24) is 0 Å². The number of aromatic nitrogens is 1. The molecule has 0 radical (unpaired) electrons. The Bertz CT molecular complexity index is 941. The first-order valence-corrected chi connectivity index (χ1v) is 6.34. The van der Waals surface area contributed by atoms with Gasteiger partial charge in [-0.1, -0.05) is 18.2 Å². The van der Waals surface area contributed by atoms with Crippen molar-refractivity contribution in [2.45, 2.75) is 13.0 Å². The van der Waals surface area contributed by atoms with Crippen LogP contribution in [0.2, 0.25) is 0 Å². The van der Waals surface area contributed by atoms with E-state index in [0.717, 1.165) is 20.5 Å². The second-order valence-corrected chi connectivity index (χ2v) is 5.03. The average Bonchev–Trinajstić information content (AvgIpc) is 2.78. The van der Waals surface area contributed by atoms with Crippen molar-refractivity contribution in [3.05, 3.63) is 63.7 Å². The minimum Gasteiger partial charge on any atom is -0.285 e. The van der Waals surface area contributed by atoms with Gasteiger partial charge in [-0.25, -0.2) is 0 Å². The average molecular weight is 249 g/mol. The van der Waals surface area contributed by atoms with Crippen molar-refractivity contribution in [3.8, 4) is 0 Å². The quantitative estimate of drug-likeness (QED) is 0.473. The Balaban J connectivity index is 2.20. The van der Waals surface area contributed by atoms with Crippen molar-refractivity contribution < 1.29 is 9.94 Å². The first-order chi connectivity index (χ1) is 9.24. The molecule has 3 heteroatoms. The highest BCUT2D eigenvalue weighted by Gasteiger charge is 2.23. The molecule has 1 aromatic carbocycles. The van der Waals surface area contributed by atoms with Gasteiger partial charge in [0.25, 0.3) is 0 Å². The first-order valence-electron chi connectivity index (χ1n) is 6.34. The number of para-hydroxylation sites is 1. The summed E-state index contributed by atoms with van der Waals surface area (Å²) in [6.07, 6.45) is 5.53. The molecule has 0 bridgehead atoms.